The first kappa shape index (κ1) is 18.9. The Morgan fingerprint density at radius 3 is 2.66 bits per heavy atom. The van der Waals surface area contributed by atoms with Gasteiger partial charge in [0.1, 0.15) is 13.2 Å². The van der Waals surface area contributed by atoms with Gasteiger partial charge in [-0.05, 0) is 17.7 Å². The van der Waals surface area contributed by atoms with Crippen molar-refractivity contribution in [2.75, 3.05) is 20.7 Å². The zero-order valence-electron chi connectivity index (χ0n) is 16.7. The third-order valence-corrected chi connectivity index (χ3v) is 5.26. The van der Waals surface area contributed by atoms with Gasteiger partial charge in [0.25, 0.3) is 17.8 Å². The summed E-state index contributed by atoms with van der Waals surface area (Å²) in [5.74, 6) is 0.0885. The van der Waals surface area contributed by atoms with Crippen LogP contribution in [0.3, 0.4) is 0 Å². The largest absolute Gasteiger partial charge is 0.497 e. The summed E-state index contributed by atoms with van der Waals surface area (Å²) in [6.45, 7) is 2.68. The number of hydrogen-bond acceptors (Lipinski definition) is 4. The van der Waals surface area contributed by atoms with E-state index in [0.717, 1.165) is 21.2 Å². The van der Waals surface area contributed by atoms with E-state index in [4.69, 9.17) is 4.74 Å². The van der Waals surface area contributed by atoms with Gasteiger partial charge in [-0.25, -0.2) is 4.79 Å². The van der Waals surface area contributed by atoms with Crippen LogP contribution in [0.4, 0.5) is 4.79 Å². The monoisotopic (exact) mass is 391 g/mol. The molecule has 1 fully saturated rings. The highest BCUT2D eigenvalue weighted by molar-refractivity contribution is 6.22. The molecule has 7 heteroatoms. The SMILES string of the molecule is C/C=C/COC1=[N+](Cc2cccc3ccccc23)C2C(=O)N(C)C(=O)N(C)C2=N1. The minimum absolute atomic E-state index is 0.309. The van der Waals surface area contributed by atoms with Crippen LogP contribution in [0.25, 0.3) is 10.8 Å². The number of nitrogens with zero attached hydrogens (tertiary/aromatic N) is 4. The number of likely N-dealkylation sites (N-methyl/N-ethyl adjacent to an activating group) is 2. The summed E-state index contributed by atoms with van der Waals surface area (Å²) >= 11 is 0. The number of fused-ring (bicyclic) bond motifs is 2. The molecule has 1 unspecified atom stereocenters. The van der Waals surface area contributed by atoms with Gasteiger partial charge in [0.15, 0.2) is 0 Å². The zero-order valence-corrected chi connectivity index (χ0v) is 16.7. The molecule has 7 nitrogen and oxygen atoms in total. The molecule has 4 rings (SSSR count). The van der Waals surface area contributed by atoms with Crippen LogP contribution in [0.5, 0.6) is 0 Å². The van der Waals surface area contributed by atoms with Crippen molar-refractivity contribution in [1.29, 1.82) is 0 Å². The fourth-order valence-corrected chi connectivity index (χ4v) is 3.68. The first-order chi connectivity index (χ1) is 14.0. The van der Waals surface area contributed by atoms with Gasteiger partial charge in [0.2, 0.25) is 0 Å². The van der Waals surface area contributed by atoms with Crippen LogP contribution >= 0.6 is 0 Å². The number of rotatable bonds is 4. The van der Waals surface area contributed by atoms with E-state index in [-0.39, 0.29) is 5.91 Å². The molecular weight excluding hydrogens is 368 g/mol. The van der Waals surface area contributed by atoms with Crippen molar-refractivity contribution in [3.63, 3.8) is 0 Å². The van der Waals surface area contributed by atoms with E-state index < -0.39 is 12.1 Å². The van der Waals surface area contributed by atoms with Crippen LogP contribution in [-0.4, -0.2) is 64.9 Å². The average Bonchev–Trinajstić information content (AvgIpc) is 3.09. The van der Waals surface area contributed by atoms with E-state index in [9.17, 15) is 9.59 Å². The lowest BCUT2D eigenvalue weighted by Crippen LogP contribution is -2.61. The number of ether oxygens (including phenoxy) is 1. The van der Waals surface area contributed by atoms with E-state index in [2.05, 4.69) is 23.2 Å². The standard InChI is InChI=1S/C22H23N4O3/c1-4-5-13-29-21-23-19-18(20(27)25(3)22(28)24(19)2)26(21)14-16-11-8-10-15-9-6-7-12-17(15)16/h4-12,18H,13-14H2,1-3H3/q+1/b5-4+. The van der Waals surface area contributed by atoms with E-state index in [1.54, 1.807) is 7.05 Å². The van der Waals surface area contributed by atoms with Gasteiger partial charge in [-0.15, -0.1) is 0 Å². The predicted octanol–water partition coefficient (Wildman–Crippen LogP) is 2.61. The van der Waals surface area contributed by atoms with E-state index >= 15 is 0 Å². The topological polar surface area (TPSA) is 65.2 Å². The highest BCUT2D eigenvalue weighted by Gasteiger charge is 2.54. The van der Waals surface area contributed by atoms with Crippen molar-refractivity contribution in [3.05, 3.63) is 60.2 Å². The predicted molar refractivity (Wildman–Crippen MR) is 111 cm³/mol. The number of allylic oxidation sites excluding steroid dienone is 1. The second kappa shape index (κ2) is 7.50. The minimum Gasteiger partial charge on any atom is -0.424 e. The molecule has 2 heterocycles. The molecule has 1 atom stereocenters. The lowest BCUT2D eigenvalue weighted by Gasteiger charge is -2.30. The van der Waals surface area contributed by atoms with Crippen LogP contribution < -0.4 is 0 Å². The minimum atomic E-state index is -0.692. The van der Waals surface area contributed by atoms with Gasteiger partial charge in [-0.1, -0.05) is 54.6 Å². The molecule has 0 aliphatic carbocycles. The summed E-state index contributed by atoms with van der Waals surface area (Å²) < 4.78 is 7.69. The summed E-state index contributed by atoms with van der Waals surface area (Å²) in [6, 6.07) is 13.5. The van der Waals surface area contributed by atoms with Crippen LogP contribution in [-0.2, 0) is 16.1 Å². The van der Waals surface area contributed by atoms with Crippen LogP contribution in [0.2, 0.25) is 0 Å². The second-order valence-electron chi connectivity index (χ2n) is 7.04. The molecule has 0 aromatic heterocycles. The van der Waals surface area contributed by atoms with E-state index in [1.165, 1.54) is 11.9 Å². The average molecular weight is 391 g/mol. The first-order valence-corrected chi connectivity index (χ1v) is 9.51. The maximum Gasteiger partial charge on any atom is 0.497 e. The first-order valence-electron chi connectivity index (χ1n) is 9.51. The summed E-state index contributed by atoms with van der Waals surface area (Å²) in [4.78, 5) is 32.4. The molecule has 1 saturated heterocycles. The third kappa shape index (κ3) is 3.18. The van der Waals surface area contributed by atoms with Crippen molar-refractivity contribution >= 4 is 34.6 Å². The van der Waals surface area contributed by atoms with Gasteiger partial charge in [0, 0.05) is 24.7 Å². The van der Waals surface area contributed by atoms with Gasteiger partial charge in [0.05, 0.1) is 0 Å². The summed E-state index contributed by atoms with van der Waals surface area (Å²) in [6.07, 6.45) is 3.76. The molecule has 29 heavy (non-hydrogen) atoms. The summed E-state index contributed by atoms with van der Waals surface area (Å²) in [5.41, 5.74) is 1.06. The van der Waals surface area contributed by atoms with E-state index in [1.807, 2.05) is 47.9 Å². The Morgan fingerprint density at radius 2 is 1.86 bits per heavy atom. The number of urea groups is 1. The maximum absolute atomic E-state index is 13.0. The number of carbonyl (C=O) groups excluding carboxylic acids is 2. The second-order valence-corrected chi connectivity index (χ2v) is 7.04. The van der Waals surface area contributed by atoms with Crippen molar-refractivity contribution < 1.29 is 18.9 Å². The Bertz CT molecular complexity index is 1080. The Balaban J connectivity index is 1.78. The molecule has 0 saturated carbocycles. The van der Waals surface area contributed by atoms with Gasteiger partial charge in [-0.3, -0.25) is 14.6 Å². The zero-order chi connectivity index (χ0) is 20.5. The number of amides is 3. The molecule has 0 N–H and O–H groups in total. The Hall–Kier alpha value is -3.48. The number of imide groups is 1. The fourth-order valence-electron chi connectivity index (χ4n) is 3.68. The van der Waals surface area contributed by atoms with Gasteiger partial charge in [-0.2, -0.15) is 4.58 Å². The lowest BCUT2D eigenvalue weighted by molar-refractivity contribution is -0.558. The van der Waals surface area contributed by atoms with Crippen molar-refractivity contribution in [3.8, 4) is 0 Å². The highest BCUT2D eigenvalue weighted by atomic mass is 16.5. The van der Waals surface area contributed by atoms with Crippen molar-refractivity contribution in [2.24, 2.45) is 4.99 Å². The molecule has 2 aromatic rings. The fraction of sp³-hybridized carbons (Fsp3) is 0.273. The Labute approximate surface area is 169 Å². The Morgan fingerprint density at radius 1 is 1.10 bits per heavy atom. The van der Waals surface area contributed by atoms with Gasteiger partial charge < -0.3 is 4.74 Å². The normalized spacial score (nSPS) is 19.4. The van der Waals surface area contributed by atoms with E-state index in [0.29, 0.717) is 25.0 Å². The molecular formula is C22H23N4O3+. The third-order valence-electron chi connectivity index (χ3n) is 5.26. The van der Waals surface area contributed by atoms with Crippen LogP contribution in [0.15, 0.2) is 59.6 Å². The Kier molecular flexibility index (Phi) is 4.88. The molecule has 2 aliphatic heterocycles. The van der Waals surface area contributed by atoms with Crippen molar-refractivity contribution in [1.82, 2.24) is 9.80 Å². The highest BCUT2D eigenvalue weighted by Crippen LogP contribution is 2.24. The number of amidine groups is 2. The molecule has 2 aromatic carbocycles. The molecule has 3 amide bonds. The molecule has 2 aliphatic rings. The number of hydrogen-bond donors (Lipinski definition) is 0. The number of carbonyl (C=O) groups is 2. The van der Waals surface area contributed by atoms with Crippen LogP contribution in [0, 0.1) is 0 Å². The lowest BCUT2D eigenvalue weighted by atomic mass is 10.0. The maximum atomic E-state index is 13.0. The van der Waals surface area contributed by atoms with Gasteiger partial charge >= 0.3 is 12.1 Å². The summed E-state index contributed by atoms with van der Waals surface area (Å²) in [7, 11) is 3.12. The molecule has 0 bridgehead atoms. The molecule has 0 radical (unpaired) electrons. The van der Waals surface area contributed by atoms with Crippen LogP contribution in [0.1, 0.15) is 12.5 Å². The number of aliphatic imine (C=N–C) groups is 1. The summed E-state index contributed by atoms with van der Waals surface area (Å²) in [5, 5.41) is 2.23. The molecule has 0 spiro atoms. The van der Waals surface area contributed by atoms with Crippen molar-refractivity contribution in [2.45, 2.75) is 19.5 Å². The molecule has 148 valence electrons. The quantitative estimate of drug-likeness (QED) is 0.594. The number of benzene rings is 2. The smallest absolute Gasteiger partial charge is 0.424 e.